The summed E-state index contributed by atoms with van der Waals surface area (Å²) < 4.78 is 18.7. The number of nitrogens with zero attached hydrogens (tertiary/aromatic N) is 2. The molecule has 0 aliphatic heterocycles. The van der Waals surface area contributed by atoms with Gasteiger partial charge in [0.25, 0.3) is 5.91 Å². The van der Waals surface area contributed by atoms with Crippen LogP contribution in [0.25, 0.3) is 0 Å². The molecule has 0 bridgehead atoms. The van der Waals surface area contributed by atoms with Crippen molar-refractivity contribution in [2.75, 3.05) is 11.9 Å². The summed E-state index contributed by atoms with van der Waals surface area (Å²) in [7, 11) is 0. The van der Waals surface area contributed by atoms with Crippen LogP contribution in [0.4, 0.5) is 10.2 Å². The molecule has 1 aromatic carbocycles. The monoisotopic (exact) mass is 340 g/mol. The average Bonchev–Trinajstić information content (AvgIpc) is 3.15. The third-order valence-corrected chi connectivity index (χ3v) is 3.55. The van der Waals surface area contributed by atoms with Gasteiger partial charge in [-0.1, -0.05) is 18.2 Å². The Morgan fingerprint density at radius 3 is 2.72 bits per heavy atom. The molecule has 3 aromatic rings. The lowest BCUT2D eigenvalue weighted by molar-refractivity contribution is 0.0942. The van der Waals surface area contributed by atoms with Crippen molar-refractivity contribution >= 4 is 11.7 Å². The molecular formula is C18H17FN4O2. The van der Waals surface area contributed by atoms with Gasteiger partial charge in [0.1, 0.15) is 23.1 Å². The third-order valence-electron chi connectivity index (χ3n) is 3.55. The number of anilines is 1. The van der Waals surface area contributed by atoms with Crippen LogP contribution in [0.5, 0.6) is 0 Å². The van der Waals surface area contributed by atoms with Crippen LogP contribution in [0.2, 0.25) is 0 Å². The molecule has 2 aromatic heterocycles. The third kappa shape index (κ3) is 4.63. The summed E-state index contributed by atoms with van der Waals surface area (Å²) in [6, 6.07) is 10.2. The largest absolute Gasteiger partial charge is 0.467 e. The summed E-state index contributed by atoms with van der Waals surface area (Å²) in [5.41, 5.74) is 0.850. The molecule has 1 amide bonds. The fourth-order valence-corrected chi connectivity index (χ4v) is 2.23. The first-order valence-corrected chi connectivity index (χ1v) is 7.82. The van der Waals surface area contributed by atoms with E-state index in [-0.39, 0.29) is 24.0 Å². The van der Waals surface area contributed by atoms with E-state index in [0.717, 1.165) is 0 Å². The molecule has 2 N–H and O–H groups in total. The van der Waals surface area contributed by atoms with Gasteiger partial charge in [-0.25, -0.2) is 14.4 Å². The molecular weight excluding hydrogens is 323 g/mol. The van der Waals surface area contributed by atoms with Gasteiger partial charge in [0.05, 0.1) is 25.2 Å². The van der Waals surface area contributed by atoms with Crippen LogP contribution in [0.15, 0.2) is 59.5 Å². The van der Waals surface area contributed by atoms with Crippen molar-refractivity contribution < 1.29 is 13.6 Å². The number of hydrogen-bond donors (Lipinski definition) is 2. The van der Waals surface area contributed by atoms with E-state index in [1.165, 1.54) is 18.5 Å². The van der Waals surface area contributed by atoms with E-state index >= 15 is 0 Å². The van der Waals surface area contributed by atoms with Crippen LogP contribution in [-0.4, -0.2) is 22.4 Å². The predicted molar refractivity (Wildman–Crippen MR) is 90.5 cm³/mol. The smallest absolute Gasteiger partial charge is 0.271 e. The van der Waals surface area contributed by atoms with Crippen LogP contribution in [0.1, 0.15) is 21.8 Å². The number of rotatable bonds is 7. The summed E-state index contributed by atoms with van der Waals surface area (Å²) in [6.45, 7) is 0.801. The number of aromatic nitrogens is 2. The van der Waals surface area contributed by atoms with Gasteiger partial charge < -0.3 is 15.1 Å². The van der Waals surface area contributed by atoms with Crippen molar-refractivity contribution in [2.24, 2.45) is 0 Å². The maximum absolute atomic E-state index is 13.5. The van der Waals surface area contributed by atoms with Gasteiger partial charge in [-0.05, 0) is 30.2 Å². The van der Waals surface area contributed by atoms with Gasteiger partial charge in [-0.2, -0.15) is 0 Å². The summed E-state index contributed by atoms with van der Waals surface area (Å²) in [6.07, 6.45) is 4.94. The molecule has 6 nitrogen and oxygen atoms in total. The Balaban J connectivity index is 1.48. The SMILES string of the molecule is O=C(NCc1ccco1)c1cnc(NCCc2ccccc2F)cn1. The highest BCUT2D eigenvalue weighted by atomic mass is 19.1. The van der Waals surface area contributed by atoms with E-state index in [4.69, 9.17) is 4.42 Å². The Morgan fingerprint density at radius 1 is 1.12 bits per heavy atom. The second kappa shape index (κ2) is 8.05. The molecule has 128 valence electrons. The maximum Gasteiger partial charge on any atom is 0.271 e. The average molecular weight is 340 g/mol. The zero-order valence-electron chi connectivity index (χ0n) is 13.4. The lowest BCUT2D eigenvalue weighted by Crippen LogP contribution is -2.23. The number of carbonyl (C=O) groups is 1. The highest BCUT2D eigenvalue weighted by molar-refractivity contribution is 5.91. The minimum Gasteiger partial charge on any atom is -0.467 e. The number of carbonyl (C=O) groups excluding carboxylic acids is 1. The number of halogens is 1. The zero-order valence-corrected chi connectivity index (χ0v) is 13.4. The standard InChI is InChI=1S/C18H17FN4O2/c19-15-6-2-1-4-13(15)7-8-20-17-12-21-16(11-22-17)18(24)23-10-14-5-3-9-25-14/h1-6,9,11-12H,7-8,10H2,(H,20,22)(H,23,24). The maximum atomic E-state index is 13.5. The predicted octanol–water partition coefficient (Wildman–Crippen LogP) is 2.79. The van der Waals surface area contributed by atoms with Gasteiger partial charge in [-0.3, -0.25) is 4.79 Å². The van der Waals surface area contributed by atoms with Crippen LogP contribution in [-0.2, 0) is 13.0 Å². The van der Waals surface area contributed by atoms with E-state index in [2.05, 4.69) is 20.6 Å². The molecule has 0 radical (unpaired) electrons. The van der Waals surface area contributed by atoms with Crippen LogP contribution in [0.3, 0.4) is 0 Å². The molecule has 0 saturated heterocycles. The zero-order chi connectivity index (χ0) is 17.5. The van der Waals surface area contributed by atoms with Crippen molar-refractivity contribution in [2.45, 2.75) is 13.0 Å². The Kier molecular flexibility index (Phi) is 5.36. The van der Waals surface area contributed by atoms with Gasteiger partial charge in [-0.15, -0.1) is 0 Å². The number of amides is 1. The van der Waals surface area contributed by atoms with Gasteiger partial charge in [0, 0.05) is 6.54 Å². The molecule has 0 saturated carbocycles. The molecule has 0 fully saturated rings. The normalized spacial score (nSPS) is 10.4. The molecule has 0 aliphatic carbocycles. The highest BCUT2D eigenvalue weighted by Gasteiger charge is 2.08. The molecule has 0 aliphatic rings. The number of nitrogens with one attached hydrogen (secondary N) is 2. The minimum atomic E-state index is -0.332. The first-order valence-electron chi connectivity index (χ1n) is 7.82. The van der Waals surface area contributed by atoms with Gasteiger partial charge in [0.15, 0.2) is 0 Å². The van der Waals surface area contributed by atoms with E-state index in [9.17, 15) is 9.18 Å². The first kappa shape index (κ1) is 16.6. The van der Waals surface area contributed by atoms with Gasteiger partial charge in [0.2, 0.25) is 0 Å². The van der Waals surface area contributed by atoms with Crippen molar-refractivity contribution in [1.82, 2.24) is 15.3 Å². The molecule has 0 atom stereocenters. The molecule has 3 rings (SSSR count). The van der Waals surface area contributed by atoms with E-state index < -0.39 is 0 Å². The highest BCUT2D eigenvalue weighted by Crippen LogP contribution is 2.08. The van der Waals surface area contributed by atoms with Crippen molar-refractivity contribution in [1.29, 1.82) is 0 Å². The summed E-state index contributed by atoms with van der Waals surface area (Å²) >= 11 is 0. The van der Waals surface area contributed by atoms with Crippen LogP contribution < -0.4 is 10.6 Å². The Labute approximate surface area is 144 Å². The minimum absolute atomic E-state index is 0.214. The summed E-state index contributed by atoms with van der Waals surface area (Å²) in [4.78, 5) is 20.2. The van der Waals surface area contributed by atoms with E-state index in [0.29, 0.717) is 30.1 Å². The van der Waals surface area contributed by atoms with Gasteiger partial charge >= 0.3 is 0 Å². The fourth-order valence-electron chi connectivity index (χ4n) is 2.23. The van der Waals surface area contributed by atoms with Crippen molar-refractivity contribution in [3.8, 4) is 0 Å². The van der Waals surface area contributed by atoms with Crippen LogP contribution in [0, 0.1) is 5.82 Å². The molecule has 0 spiro atoms. The number of benzene rings is 1. The lowest BCUT2D eigenvalue weighted by Gasteiger charge is -2.07. The Morgan fingerprint density at radius 2 is 2.00 bits per heavy atom. The number of hydrogen-bond acceptors (Lipinski definition) is 5. The number of furan rings is 1. The van der Waals surface area contributed by atoms with E-state index in [1.54, 1.807) is 36.6 Å². The molecule has 25 heavy (non-hydrogen) atoms. The second-order valence-corrected chi connectivity index (χ2v) is 5.32. The summed E-state index contributed by atoms with van der Waals surface area (Å²) in [5.74, 6) is 0.632. The molecule has 2 heterocycles. The fraction of sp³-hybridized carbons (Fsp3) is 0.167. The van der Waals surface area contributed by atoms with Crippen molar-refractivity contribution in [3.05, 3.63) is 77.9 Å². The quantitative estimate of drug-likeness (QED) is 0.691. The van der Waals surface area contributed by atoms with Crippen molar-refractivity contribution in [3.63, 3.8) is 0 Å². The van der Waals surface area contributed by atoms with Crippen LogP contribution >= 0.6 is 0 Å². The Bertz CT molecular complexity index is 819. The molecule has 0 unspecified atom stereocenters. The first-order chi connectivity index (χ1) is 12.2. The second-order valence-electron chi connectivity index (χ2n) is 5.32. The Hall–Kier alpha value is -3.22. The lowest BCUT2D eigenvalue weighted by atomic mass is 10.1. The molecule has 7 heteroatoms. The summed E-state index contributed by atoms with van der Waals surface area (Å²) in [5, 5.41) is 5.75. The van der Waals surface area contributed by atoms with E-state index in [1.807, 2.05) is 0 Å². The topological polar surface area (TPSA) is 80.0 Å².